The second-order valence-corrected chi connectivity index (χ2v) is 5.19. The SMILES string of the molecule is CCC1CCC(NC(=O)c2ccccc2N)CC1. The molecule has 1 aromatic carbocycles. The van der Waals surface area contributed by atoms with Gasteiger partial charge in [0, 0.05) is 11.7 Å². The Labute approximate surface area is 109 Å². The van der Waals surface area contributed by atoms with Crippen LogP contribution in [-0.4, -0.2) is 11.9 Å². The highest BCUT2D eigenvalue weighted by Crippen LogP contribution is 2.26. The number of amides is 1. The highest BCUT2D eigenvalue weighted by Gasteiger charge is 2.22. The number of benzene rings is 1. The molecule has 0 bridgehead atoms. The van der Waals surface area contributed by atoms with Crippen molar-refractivity contribution in [1.29, 1.82) is 0 Å². The summed E-state index contributed by atoms with van der Waals surface area (Å²) in [7, 11) is 0. The van der Waals surface area contributed by atoms with Gasteiger partial charge in [-0.15, -0.1) is 0 Å². The number of hydrogen-bond donors (Lipinski definition) is 2. The molecular formula is C15H22N2O. The molecule has 0 atom stereocenters. The molecule has 0 aliphatic heterocycles. The first kappa shape index (κ1) is 12.9. The zero-order valence-electron chi connectivity index (χ0n) is 11.0. The third kappa shape index (κ3) is 3.03. The Balaban J connectivity index is 1.91. The van der Waals surface area contributed by atoms with Gasteiger partial charge in [-0.1, -0.05) is 25.5 Å². The van der Waals surface area contributed by atoms with Crippen molar-refractivity contribution in [3.63, 3.8) is 0 Å². The van der Waals surface area contributed by atoms with E-state index in [2.05, 4.69) is 12.2 Å². The summed E-state index contributed by atoms with van der Waals surface area (Å²) in [6, 6.07) is 7.56. The van der Waals surface area contributed by atoms with E-state index in [1.165, 1.54) is 19.3 Å². The highest BCUT2D eigenvalue weighted by atomic mass is 16.1. The fourth-order valence-electron chi connectivity index (χ4n) is 2.68. The van der Waals surface area contributed by atoms with Gasteiger partial charge in [0.15, 0.2) is 0 Å². The topological polar surface area (TPSA) is 55.1 Å². The van der Waals surface area contributed by atoms with Gasteiger partial charge in [0.05, 0.1) is 5.56 Å². The van der Waals surface area contributed by atoms with E-state index >= 15 is 0 Å². The van der Waals surface area contributed by atoms with Crippen molar-refractivity contribution in [3.8, 4) is 0 Å². The summed E-state index contributed by atoms with van der Waals surface area (Å²) >= 11 is 0. The van der Waals surface area contributed by atoms with E-state index in [1.54, 1.807) is 12.1 Å². The molecule has 1 aliphatic rings. The quantitative estimate of drug-likeness (QED) is 0.806. The van der Waals surface area contributed by atoms with Crippen LogP contribution >= 0.6 is 0 Å². The van der Waals surface area contributed by atoms with E-state index in [0.717, 1.165) is 18.8 Å². The second-order valence-electron chi connectivity index (χ2n) is 5.19. The number of rotatable bonds is 3. The normalized spacial score (nSPS) is 23.6. The molecule has 0 spiro atoms. The van der Waals surface area contributed by atoms with Crippen LogP contribution in [0.1, 0.15) is 49.4 Å². The van der Waals surface area contributed by atoms with Gasteiger partial charge in [0.1, 0.15) is 0 Å². The molecule has 1 aliphatic carbocycles. The molecule has 3 heteroatoms. The number of hydrogen-bond acceptors (Lipinski definition) is 2. The average molecular weight is 246 g/mol. The number of nitrogen functional groups attached to an aromatic ring is 1. The number of carbonyl (C=O) groups is 1. The van der Waals surface area contributed by atoms with E-state index in [9.17, 15) is 4.79 Å². The monoisotopic (exact) mass is 246 g/mol. The smallest absolute Gasteiger partial charge is 0.253 e. The van der Waals surface area contributed by atoms with Gasteiger partial charge in [-0.05, 0) is 43.7 Å². The second kappa shape index (κ2) is 5.89. The molecule has 2 rings (SSSR count). The molecule has 18 heavy (non-hydrogen) atoms. The summed E-state index contributed by atoms with van der Waals surface area (Å²) in [6.45, 7) is 2.24. The molecular weight excluding hydrogens is 224 g/mol. The van der Waals surface area contributed by atoms with Crippen LogP contribution in [0, 0.1) is 5.92 Å². The van der Waals surface area contributed by atoms with Gasteiger partial charge >= 0.3 is 0 Å². The lowest BCUT2D eigenvalue weighted by Crippen LogP contribution is -2.37. The lowest BCUT2D eigenvalue weighted by molar-refractivity contribution is 0.0922. The molecule has 1 fully saturated rings. The van der Waals surface area contributed by atoms with Crippen molar-refractivity contribution in [1.82, 2.24) is 5.32 Å². The third-order valence-corrected chi connectivity index (χ3v) is 3.96. The summed E-state index contributed by atoms with van der Waals surface area (Å²) in [5, 5.41) is 3.10. The first-order valence-corrected chi connectivity index (χ1v) is 6.86. The van der Waals surface area contributed by atoms with Gasteiger partial charge in [-0.25, -0.2) is 0 Å². The molecule has 0 radical (unpaired) electrons. The van der Waals surface area contributed by atoms with Crippen LogP contribution in [0.5, 0.6) is 0 Å². The zero-order chi connectivity index (χ0) is 13.0. The van der Waals surface area contributed by atoms with E-state index in [1.807, 2.05) is 12.1 Å². The molecule has 1 saturated carbocycles. The first-order valence-electron chi connectivity index (χ1n) is 6.86. The molecule has 0 saturated heterocycles. The van der Waals surface area contributed by atoms with Crippen molar-refractivity contribution in [2.45, 2.75) is 45.1 Å². The lowest BCUT2D eigenvalue weighted by atomic mass is 9.84. The van der Waals surface area contributed by atoms with Crippen LogP contribution in [0.25, 0.3) is 0 Å². The average Bonchev–Trinajstić information content (AvgIpc) is 2.40. The standard InChI is InChI=1S/C15H22N2O/c1-2-11-7-9-12(10-8-11)17-15(18)13-5-3-4-6-14(13)16/h3-6,11-12H,2,7-10,16H2,1H3,(H,17,18). The zero-order valence-corrected chi connectivity index (χ0v) is 11.0. The van der Waals surface area contributed by atoms with Crippen molar-refractivity contribution in [2.75, 3.05) is 5.73 Å². The summed E-state index contributed by atoms with van der Waals surface area (Å²) in [6.07, 6.45) is 5.90. The van der Waals surface area contributed by atoms with Crippen LogP contribution < -0.4 is 11.1 Å². The number of nitrogens with one attached hydrogen (secondary N) is 1. The molecule has 3 nitrogen and oxygen atoms in total. The van der Waals surface area contributed by atoms with Crippen molar-refractivity contribution in [2.24, 2.45) is 5.92 Å². The largest absolute Gasteiger partial charge is 0.398 e. The Hall–Kier alpha value is -1.51. The van der Waals surface area contributed by atoms with Crippen LogP contribution in [-0.2, 0) is 0 Å². The van der Waals surface area contributed by atoms with E-state index in [-0.39, 0.29) is 5.91 Å². The predicted molar refractivity (Wildman–Crippen MR) is 74.4 cm³/mol. The van der Waals surface area contributed by atoms with E-state index in [0.29, 0.717) is 17.3 Å². The van der Waals surface area contributed by atoms with Crippen LogP contribution in [0.15, 0.2) is 24.3 Å². The summed E-state index contributed by atoms with van der Waals surface area (Å²) in [4.78, 5) is 12.1. The predicted octanol–water partition coefficient (Wildman–Crippen LogP) is 2.97. The lowest BCUT2D eigenvalue weighted by Gasteiger charge is -2.28. The number of anilines is 1. The fourth-order valence-corrected chi connectivity index (χ4v) is 2.68. The summed E-state index contributed by atoms with van der Waals surface area (Å²) < 4.78 is 0. The van der Waals surface area contributed by atoms with Gasteiger partial charge in [0.2, 0.25) is 0 Å². The maximum atomic E-state index is 12.1. The Bertz CT molecular complexity index is 409. The van der Waals surface area contributed by atoms with E-state index in [4.69, 9.17) is 5.73 Å². The Kier molecular flexibility index (Phi) is 4.24. The maximum absolute atomic E-state index is 12.1. The highest BCUT2D eigenvalue weighted by molar-refractivity contribution is 5.99. The molecule has 1 amide bonds. The van der Waals surface area contributed by atoms with Crippen LogP contribution in [0.2, 0.25) is 0 Å². The van der Waals surface area contributed by atoms with Crippen LogP contribution in [0.3, 0.4) is 0 Å². The van der Waals surface area contributed by atoms with Gasteiger partial charge in [0.25, 0.3) is 5.91 Å². The Morgan fingerprint density at radius 1 is 1.28 bits per heavy atom. The molecule has 0 heterocycles. The van der Waals surface area contributed by atoms with Crippen molar-refractivity contribution in [3.05, 3.63) is 29.8 Å². The first-order chi connectivity index (χ1) is 8.70. The number of carbonyl (C=O) groups excluding carboxylic acids is 1. The molecule has 3 N–H and O–H groups in total. The number of para-hydroxylation sites is 1. The van der Waals surface area contributed by atoms with E-state index < -0.39 is 0 Å². The number of nitrogens with two attached hydrogens (primary N) is 1. The Morgan fingerprint density at radius 3 is 2.56 bits per heavy atom. The minimum atomic E-state index is -0.0342. The molecule has 1 aromatic rings. The summed E-state index contributed by atoms with van der Waals surface area (Å²) in [5.74, 6) is 0.813. The van der Waals surface area contributed by atoms with Gasteiger partial charge < -0.3 is 11.1 Å². The third-order valence-electron chi connectivity index (χ3n) is 3.96. The van der Waals surface area contributed by atoms with Crippen LogP contribution in [0.4, 0.5) is 5.69 Å². The fraction of sp³-hybridized carbons (Fsp3) is 0.533. The van der Waals surface area contributed by atoms with Crippen molar-refractivity contribution >= 4 is 11.6 Å². The minimum Gasteiger partial charge on any atom is -0.398 e. The van der Waals surface area contributed by atoms with Gasteiger partial charge in [-0.3, -0.25) is 4.79 Å². The maximum Gasteiger partial charge on any atom is 0.253 e. The summed E-state index contributed by atoms with van der Waals surface area (Å²) in [5.41, 5.74) is 6.96. The minimum absolute atomic E-state index is 0.0342. The molecule has 0 aromatic heterocycles. The van der Waals surface area contributed by atoms with Gasteiger partial charge in [-0.2, -0.15) is 0 Å². The Morgan fingerprint density at radius 2 is 1.94 bits per heavy atom. The van der Waals surface area contributed by atoms with Crippen molar-refractivity contribution < 1.29 is 4.79 Å². The molecule has 98 valence electrons. The molecule has 0 unspecified atom stereocenters.